The zero-order valence-corrected chi connectivity index (χ0v) is 13.2. The van der Waals surface area contributed by atoms with Gasteiger partial charge in [-0.05, 0) is 65.2 Å². The lowest BCUT2D eigenvalue weighted by molar-refractivity contribution is -0.119. The van der Waals surface area contributed by atoms with Crippen molar-refractivity contribution in [1.29, 1.82) is 0 Å². The molecular weight excluding hydrogens is 338 g/mol. The van der Waals surface area contributed by atoms with Gasteiger partial charge < -0.3 is 14.5 Å². The molecule has 1 aromatic carbocycles. The van der Waals surface area contributed by atoms with E-state index in [0.29, 0.717) is 10.4 Å². The van der Waals surface area contributed by atoms with E-state index in [1.165, 1.54) is 6.07 Å². The minimum absolute atomic E-state index is 0.0427. The van der Waals surface area contributed by atoms with Crippen LogP contribution >= 0.6 is 15.9 Å². The van der Waals surface area contributed by atoms with Gasteiger partial charge in [-0.2, -0.15) is 0 Å². The number of halogens is 1. The first-order valence-corrected chi connectivity index (χ1v) is 7.04. The van der Waals surface area contributed by atoms with Gasteiger partial charge in [0.05, 0.1) is 0 Å². The number of furan rings is 1. The summed E-state index contributed by atoms with van der Waals surface area (Å²) in [5, 5.41) is 2.68. The molecule has 0 aliphatic heterocycles. The maximum atomic E-state index is 11.7. The fraction of sp³-hybridized carbons (Fsp3) is 0.200. The Bertz CT molecular complexity index is 658. The molecule has 2 aromatic rings. The van der Waals surface area contributed by atoms with Gasteiger partial charge in [0.15, 0.2) is 11.3 Å². The second-order valence-corrected chi connectivity index (χ2v) is 5.39. The smallest absolute Gasteiger partial charge is 0.374 e. The van der Waals surface area contributed by atoms with Crippen LogP contribution in [0.2, 0.25) is 0 Å². The number of hydrogen-bond donors (Lipinski definition) is 1. The third-order valence-electron chi connectivity index (χ3n) is 2.61. The summed E-state index contributed by atoms with van der Waals surface area (Å²) in [6, 6.07) is 8.73. The summed E-state index contributed by atoms with van der Waals surface area (Å²) in [7, 11) is 0. The summed E-state index contributed by atoms with van der Waals surface area (Å²) in [6.07, 6.45) is 0. The number of nitrogens with one attached hydrogen (secondary N) is 1. The standard InChI is InChI=1S/C15H14BrNO4/c1-9-5-10(2)7-11(6-9)17-14(18)8-20-15(19)12-3-4-13(16)21-12/h3-7H,8H2,1-2H3,(H,17,18). The number of rotatable bonds is 4. The molecule has 0 atom stereocenters. The maximum Gasteiger partial charge on any atom is 0.374 e. The molecule has 0 bridgehead atoms. The van der Waals surface area contributed by atoms with E-state index < -0.39 is 11.9 Å². The average molecular weight is 352 g/mol. The predicted molar refractivity (Wildman–Crippen MR) is 81.2 cm³/mol. The molecule has 0 saturated carbocycles. The number of ether oxygens (including phenoxy) is 1. The molecule has 0 radical (unpaired) electrons. The van der Waals surface area contributed by atoms with Crippen LogP contribution in [-0.4, -0.2) is 18.5 Å². The first-order chi connectivity index (χ1) is 9.94. The quantitative estimate of drug-likeness (QED) is 0.856. The van der Waals surface area contributed by atoms with Crippen LogP contribution in [0.4, 0.5) is 5.69 Å². The van der Waals surface area contributed by atoms with Crippen LogP contribution in [0.1, 0.15) is 21.7 Å². The Kier molecular flexibility index (Phi) is 4.80. The monoisotopic (exact) mass is 351 g/mol. The molecule has 6 heteroatoms. The van der Waals surface area contributed by atoms with E-state index in [4.69, 9.17) is 9.15 Å². The van der Waals surface area contributed by atoms with Crippen molar-refractivity contribution in [2.24, 2.45) is 0 Å². The van der Waals surface area contributed by atoms with Crippen LogP contribution in [0.15, 0.2) is 39.4 Å². The Labute approximate surface area is 130 Å². The number of benzene rings is 1. The number of esters is 1. The topological polar surface area (TPSA) is 68.5 Å². The summed E-state index contributed by atoms with van der Waals surface area (Å²) < 4.78 is 10.3. The molecule has 1 aromatic heterocycles. The molecule has 1 heterocycles. The van der Waals surface area contributed by atoms with E-state index >= 15 is 0 Å². The Balaban J connectivity index is 1.88. The molecule has 0 aliphatic rings. The highest BCUT2D eigenvalue weighted by atomic mass is 79.9. The third-order valence-corrected chi connectivity index (χ3v) is 3.04. The van der Waals surface area contributed by atoms with Crippen LogP contribution in [0, 0.1) is 13.8 Å². The lowest BCUT2D eigenvalue weighted by Crippen LogP contribution is -2.20. The zero-order valence-electron chi connectivity index (χ0n) is 11.6. The van der Waals surface area contributed by atoms with Crippen LogP contribution in [0.5, 0.6) is 0 Å². The van der Waals surface area contributed by atoms with Crippen molar-refractivity contribution in [2.45, 2.75) is 13.8 Å². The van der Waals surface area contributed by atoms with Gasteiger partial charge in [-0.3, -0.25) is 4.79 Å². The fourth-order valence-electron chi connectivity index (χ4n) is 1.87. The van der Waals surface area contributed by atoms with Crippen molar-refractivity contribution in [3.63, 3.8) is 0 Å². The van der Waals surface area contributed by atoms with Gasteiger partial charge in [-0.25, -0.2) is 4.79 Å². The van der Waals surface area contributed by atoms with Crippen LogP contribution in [0.25, 0.3) is 0 Å². The Morgan fingerprint density at radius 3 is 2.43 bits per heavy atom. The highest BCUT2D eigenvalue weighted by Crippen LogP contribution is 2.15. The molecule has 1 N–H and O–H groups in total. The van der Waals surface area contributed by atoms with Gasteiger partial charge in [0.2, 0.25) is 5.76 Å². The van der Waals surface area contributed by atoms with E-state index in [0.717, 1.165) is 11.1 Å². The molecule has 5 nitrogen and oxygen atoms in total. The third kappa shape index (κ3) is 4.46. The summed E-state index contributed by atoms with van der Waals surface area (Å²) >= 11 is 3.08. The van der Waals surface area contributed by atoms with Gasteiger partial charge in [0.1, 0.15) is 0 Å². The Hall–Kier alpha value is -2.08. The largest absolute Gasteiger partial charge is 0.450 e. The van der Waals surface area contributed by atoms with Crippen molar-refractivity contribution in [2.75, 3.05) is 11.9 Å². The maximum absolute atomic E-state index is 11.7. The zero-order chi connectivity index (χ0) is 15.4. The highest BCUT2D eigenvalue weighted by Gasteiger charge is 2.14. The second-order valence-electron chi connectivity index (χ2n) is 4.60. The van der Waals surface area contributed by atoms with Crippen molar-refractivity contribution < 1.29 is 18.7 Å². The Morgan fingerprint density at radius 2 is 1.86 bits per heavy atom. The van der Waals surface area contributed by atoms with Gasteiger partial charge in [0.25, 0.3) is 5.91 Å². The lowest BCUT2D eigenvalue weighted by atomic mass is 10.1. The molecule has 2 rings (SSSR count). The molecule has 110 valence electrons. The fourth-order valence-corrected chi connectivity index (χ4v) is 2.18. The van der Waals surface area contributed by atoms with Gasteiger partial charge >= 0.3 is 5.97 Å². The SMILES string of the molecule is Cc1cc(C)cc(NC(=O)COC(=O)c2ccc(Br)o2)c1. The molecular formula is C15H14BrNO4. The van der Waals surface area contributed by atoms with E-state index in [1.807, 2.05) is 32.0 Å². The van der Waals surface area contributed by atoms with Crippen molar-refractivity contribution in [3.05, 3.63) is 51.9 Å². The van der Waals surface area contributed by atoms with Crippen molar-refractivity contribution in [3.8, 4) is 0 Å². The summed E-state index contributed by atoms with van der Waals surface area (Å²) in [5.41, 5.74) is 2.76. The summed E-state index contributed by atoms with van der Waals surface area (Å²) in [4.78, 5) is 23.4. The first kappa shape index (κ1) is 15.3. The molecule has 1 amide bonds. The molecule has 0 unspecified atom stereocenters. The summed E-state index contributed by atoms with van der Waals surface area (Å²) in [6.45, 7) is 3.51. The number of hydrogen-bond acceptors (Lipinski definition) is 4. The van der Waals surface area contributed by atoms with Crippen molar-refractivity contribution >= 4 is 33.5 Å². The number of carbonyl (C=O) groups is 2. The van der Waals surface area contributed by atoms with Crippen molar-refractivity contribution in [1.82, 2.24) is 0 Å². The normalized spacial score (nSPS) is 10.2. The van der Waals surface area contributed by atoms with Gasteiger partial charge in [-0.1, -0.05) is 6.07 Å². The predicted octanol–water partition coefficient (Wildman–Crippen LogP) is 3.45. The minimum atomic E-state index is -0.684. The van der Waals surface area contributed by atoms with E-state index in [2.05, 4.69) is 21.2 Å². The summed E-state index contributed by atoms with van der Waals surface area (Å²) in [5.74, 6) is -1.05. The van der Waals surface area contributed by atoms with Crippen LogP contribution in [-0.2, 0) is 9.53 Å². The van der Waals surface area contributed by atoms with Crippen LogP contribution < -0.4 is 5.32 Å². The number of aryl methyl sites for hydroxylation is 2. The molecule has 0 fully saturated rings. The number of anilines is 1. The second kappa shape index (κ2) is 6.58. The van der Waals surface area contributed by atoms with E-state index in [1.54, 1.807) is 6.07 Å². The number of amides is 1. The molecule has 21 heavy (non-hydrogen) atoms. The first-order valence-electron chi connectivity index (χ1n) is 6.24. The average Bonchev–Trinajstić information content (AvgIpc) is 2.81. The number of carbonyl (C=O) groups excluding carboxylic acids is 2. The van der Waals surface area contributed by atoms with Crippen LogP contribution in [0.3, 0.4) is 0 Å². The van der Waals surface area contributed by atoms with Gasteiger partial charge in [-0.15, -0.1) is 0 Å². The molecule has 0 saturated heterocycles. The van der Waals surface area contributed by atoms with E-state index in [9.17, 15) is 9.59 Å². The van der Waals surface area contributed by atoms with Gasteiger partial charge in [0, 0.05) is 5.69 Å². The van der Waals surface area contributed by atoms with E-state index in [-0.39, 0.29) is 12.4 Å². The highest BCUT2D eigenvalue weighted by molar-refractivity contribution is 9.10. The minimum Gasteiger partial charge on any atom is -0.450 e. The molecule has 0 aliphatic carbocycles. The Morgan fingerprint density at radius 1 is 1.19 bits per heavy atom. The molecule has 0 spiro atoms. The lowest BCUT2D eigenvalue weighted by Gasteiger charge is -2.07.